The molecule has 0 amide bonds. The highest BCUT2D eigenvalue weighted by molar-refractivity contribution is 6.31. The zero-order valence-corrected chi connectivity index (χ0v) is 7.73. The van der Waals surface area contributed by atoms with Crippen LogP contribution in [0.3, 0.4) is 0 Å². The summed E-state index contributed by atoms with van der Waals surface area (Å²) < 4.78 is 1.73. The standard InChI is InChI=1S/C7H7B2N5/c1-2-14-5-3(11-7(14)9)4(10)12-6(8)13-5/h2H2,1H3,(H2,10,12,13). The van der Waals surface area contributed by atoms with Gasteiger partial charge in [-0.05, 0) is 6.92 Å². The molecule has 0 atom stereocenters. The molecule has 4 radical (unpaired) electrons. The average Bonchev–Trinajstić information content (AvgIpc) is 2.41. The largest absolute Gasteiger partial charge is 0.382 e. The van der Waals surface area contributed by atoms with Gasteiger partial charge in [0.2, 0.25) is 0 Å². The van der Waals surface area contributed by atoms with Gasteiger partial charge in [-0.15, -0.1) is 0 Å². The van der Waals surface area contributed by atoms with Gasteiger partial charge in [0, 0.05) is 6.54 Å². The van der Waals surface area contributed by atoms with Crippen LogP contribution in [-0.4, -0.2) is 35.2 Å². The highest BCUT2D eigenvalue weighted by Gasteiger charge is 2.10. The van der Waals surface area contributed by atoms with Crippen molar-refractivity contribution in [2.24, 2.45) is 0 Å². The maximum absolute atomic E-state index is 5.67. The predicted octanol–water partition coefficient (Wildman–Crippen LogP) is -1.98. The first-order chi connectivity index (χ1) is 6.63. The summed E-state index contributed by atoms with van der Waals surface area (Å²) in [6.07, 6.45) is 0. The minimum Gasteiger partial charge on any atom is -0.382 e. The molecule has 0 saturated heterocycles. The second-order valence-electron chi connectivity index (χ2n) is 2.85. The molecule has 66 valence electrons. The summed E-state index contributed by atoms with van der Waals surface area (Å²) in [7, 11) is 11.1. The Bertz CT molecular complexity index is 492. The molecule has 14 heavy (non-hydrogen) atoms. The first-order valence-electron chi connectivity index (χ1n) is 4.18. The van der Waals surface area contributed by atoms with E-state index in [1.807, 2.05) is 6.92 Å². The second kappa shape index (κ2) is 3.01. The Morgan fingerprint density at radius 2 is 2.00 bits per heavy atom. The Labute approximate surface area is 83.6 Å². The maximum Gasteiger partial charge on any atom is 0.170 e. The fraction of sp³-hybridized carbons (Fsp3) is 0.286. The number of anilines is 1. The van der Waals surface area contributed by atoms with Gasteiger partial charge >= 0.3 is 0 Å². The number of nitrogens with zero attached hydrogens (tertiary/aromatic N) is 4. The van der Waals surface area contributed by atoms with E-state index in [1.165, 1.54) is 0 Å². The summed E-state index contributed by atoms with van der Waals surface area (Å²) >= 11 is 0. The monoisotopic (exact) mass is 183 g/mol. The molecule has 0 fully saturated rings. The van der Waals surface area contributed by atoms with E-state index >= 15 is 0 Å². The summed E-state index contributed by atoms with van der Waals surface area (Å²) in [4.78, 5) is 11.9. The van der Waals surface area contributed by atoms with Crippen molar-refractivity contribution in [3.05, 3.63) is 0 Å². The van der Waals surface area contributed by atoms with Crippen molar-refractivity contribution >= 4 is 44.1 Å². The molecule has 2 aromatic heterocycles. The van der Waals surface area contributed by atoms with Crippen molar-refractivity contribution < 1.29 is 0 Å². The van der Waals surface area contributed by atoms with Gasteiger partial charge in [-0.25, -0.2) is 15.0 Å². The quantitative estimate of drug-likeness (QED) is 0.519. The number of aryl methyl sites for hydroxylation is 1. The Kier molecular flexibility index (Phi) is 1.94. The molecule has 0 spiro atoms. The lowest BCUT2D eigenvalue weighted by Gasteiger charge is -2.02. The third-order valence-electron chi connectivity index (χ3n) is 1.98. The van der Waals surface area contributed by atoms with Crippen molar-refractivity contribution in [3.63, 3.8) is 0 Å². The van der Waals surface area contributed by atoms with E-state index in [0.717, 1.165) is 0 Å². The number of fused-ring (bicyclic) bond motifs is 1. The minimum absolute atomic E-state index is 0.129. The van der Waals surface area contributed by atoms with Crippen molar-refractivity contribution in [1.82, 2.24) is 19.5 Å². The molecule has 7 heteroatoms. The molecule has 0 aromatic carbocycles. The maximum atomic E-state index is 5.67. The van der Waals surface area contributed by atoms with Crippen LogP contribution in [-0.2, 0) is 6.54 Å². The van der Waals surface area contributed by atoms with E-state index in [-0.39, 0.29) is 11.5 Å². The van der Waals surface area contributed by atoms with Gasteiger partial charge in [-0.1, -0.05) is 0 Å². The molecule has 0 aliphatic heterocycles. The molecule has 2 N–H and O–H groups in total. The molecule has 0 bridgehead atoms. The molecular weight excluding hydrogens is 176 g/mol. The summed E-state index contributed by atoms with van der Waals surface area (Å²) in [5.74, 6) is 0.256. The normalized spacial score (nSPS) is 10.9. The predicted molar refractivity (Wildman–Crippen MR) is 56.2 cm³/mol. The Balaban J connectivity index is 2.87. The summed E-state index contributed by atoms with van der Waals surface area (Å²) in [6, 6.07) is 0. The molecule has 5 nitrogen and oxygen atoms in total. The summed E-state index contributed by atoms with van der Waals surface area (Å²) in [6.45, 7) is 2.60. The molecule has 0 aliphatic carbocycles. The first-order valence-corrected chi connectivity index (χ1v) is 4.18. The van der Waals surface area contributed by atoms with Crippen molar-refractivity contribution in [2.75, 3.05) is 5.73 Å². The van der Waals surface area contributed by atoms with Crippen LogP contribution in [0, 0.1) is 0 Å². The van der Waals surface area contributed by atoms with Crippen LogP contribution in [0.5, 0.6) is 0 Å². The van der Waals surface area contributed by atoms with Gasteiger partial charge < -0.3 is 10.3 Å². The van der Waals surface area contributed by atoms with E-state index in [4.69, 9.17) is 21.4 Å². The van der Waals surface area contributed by atoms with Crippen LogP contribution >= 0.6 is 0 Å². The summed E-state index contributed by atoms with van der Waals surface area (Å²) in [5.41, 5.74) is 7.21. The van der Waals surface area contributed by atoms with Gasteiger partial charge in [-0.2, -0.15) is 0 Å². The number of rotatable bonds is 1. The van der Waals surface area contributed by atoms with Gasteiger partial charge in [-0.3, -0.25) is 0 Å². The van der Waals surface area contributed by atoms with E-state index in [0.29, 0.717) is 23.4 Å². The highest BCUT2D eigenvalue weighted by Crippen LogP contribution is 2.11. The number of nitrogen functional groups attached to an aromatic ring is 1. The van der Waals surface area contributed by atoms with Crippen LogP contribution in [0.25, 0.3) is 11.2 Å². The molecule has 0 aliphatic rings. The third-order valence-corrected chi connectivity index (χ3v) is 1.98. The van der Waals surface area contributed by atoms with Gasteiger partial charge in [0.15, 0.2) is 27.2 Å². The van der Waals surface area contributed by atoms with Crippen LogP contribution in [0.15, 0.2) is 0 Å². The number of hydrogen-bond donors (Lipinski definition) is 1. The van der Waals surface area contributed by atoms with Crippen LogP contribution in [0.1, 0.15) is 6.92 Å². The van der Waals surface area contributed by atoms with Crippen molar-refractivity contribution in [2.45, 2.75) is 13.5 Å². The van der Waals surface area contributed by atoms with E-state index < -0.39 is 0 Å². The number of imidazole rings is 1. The van der Waals surface area contributed by atoms with Crippen molar-refractivity contribution in [3.8, 4) is 0 Å². The van der Waals surface area contributed by atoms with E-state index in [2.05, 4.69) is 15.0 Å². The highest BCUT2D eigenvalue weighted by atomic mass is 15.1. The van der Waals surface area contributed by atoms with Gasteiger partial charge in [0.1, 0.15) is 5.52 Å². The molecule has 2 rings (SSSR count). The smallest absolute Gasteiger partial charge is 0.170 e. The summed E-state index contributed by atoms with van der Waals surface area (Å²) in [5, 5.41) is 0. The number of aromatic nitrogens is 4. The lowest BCUT2D eigenvalue weighted by atomic mass is 10.1. The molecule has 0 saturated carbocycles. The lowest BCUT2D eigenvalue weighted by Crippen LogP contribution is -2.20. The van der Waals surface area contributed by atoms with E-state index in [9.17, 15) is 0 Å². The third kappa shape index (κ3) is 1.16. The Hall–Kier alpha value is -1.52. The second-order valence-corrected chi connectivity index (χ2v) is 2.85. The first kappa shape index (κ1) is 9.05. The molecule has 0 unspecified atom stereocenters. The van der Waals surface area contributed by atoms with Gasteiger partial charge in [0.25, 0.3) is 0 Å². The van der Waals surface area contributed by atoms with Crippen LogP contribution < -0.4 is 17.2 Å². The Morgan fingerprint density at radius 1 is 1.29 bits per heavy atom. The number of nitrogens with two attached hydrogens (primary N) is 1. The molecular formula is C7H7B2N5. The van der Waals surface area contributed by atoms with Crippen molar-refractivity contribution in [1.29, 1.82) is 0 Å². The molecule has 2 heterocycles. The topological polar surface area (TPSA) is 69.6 Å². The zero-order chi connectivity index (χ0) is 10.3. The number of hydrogen-bond acceptors (Lipinski definition) is 4. The van der Waals surface area contributed by atoms with Gasteiger partial charge in [0.05, 0.1) is 11.4 Å². The zero-order valence-electron chi connectivity index (χ0n) is 7.73. The Morgan fingerprint density at radius 3 is 2.64 bits per heavy atom. The molecule has 2 aromatic rings. The minimum atomic E-state index is 0.129. The lowest BCUT2D eigenvalue weighted by molar-refractivity contribution is 0.803. The SMILES string of the molecule is [B]c1nc(N)c2nc([B])n(CC)c2n1. The van der Waals surface area contributed by atoms with Crippen LogP contribution in [0.4, 0.5) is 5.82 Å². The van der Waals surface area contributed by atoms with E-state index in [1.54, 1.807) is 4.57 Å². The van der Waals surface area contributed by atoms with Crippen LogP contribution in [0.2, 0.25) is 0 Å². The fourth-order valence-corrected chi connectivity index (χ4v) is 1.37. The fourth-order valence-electron chi connectivity index (χ4n) is 1.37. The average molecular weight is 183 g/mol.